The Balaban J connectivity index is 1.91. The predicted octanol–water partition coefficient (Wildman–Crippen LogP) is 2.48. The Bertz CT molecular complexity index is 861. The van der Waals surface area contributed by atoms with E-state index in [0.717, 1.165) is 20.5 Å². The molecule has 0 fully saturated rings. The normalized spacial score (nSPS) is 10.4. The molecular weight excluding hydrogens is 288 g/mol. The van der Waals surface area contributed by atoms with Crippen molar-refractivity contribution in [3.8, 4) is 11.8 Å². The maximum atomic E-state index is 12.2. The molecule has 0 atom stereocenters. The summed E-state index contributed by atoms with van der Waals surface area (Å²) < 4.78 is 2.81. The van der Waals surface area contributed by atoms with Crippen molar-refractivity contribution in [1.29, 1.82) is 0 Å². The van der Waals surface area contributed by atoms with Crippen LogP contribution >= 0.6 is 22.9 Å². The quantitative estimate of drug-likeness (QED) is 0.739. The number of hydrogen-bond donors (Lipinski definition) is 1. The fourth-order valence-corrected chi connectivity index (χ4v) is 3.85. The molecule has 0 aliphatic heterocycles. The lowest BCUT2D eigenvalue weighted by Gasteiger charge is -1.95. The molecule has 0 bridgehead atoms. The van der Waals surface area contributed by atoms with Crippen molar-refractivity contribution in [2.75, 3.05) is 6.54 Å². The van der Waals surface area contributed by atoms with Crippen LogP contribution in [0.25, 0.3) is 10.1 Å². The fourth-order valence-electron chi connectivity index (χ4n) is 1.95. The van der Waals surface area contributed by atoms with Crippen molar-refractivity contribution >= 4 is 33.0 Å². The van der Waals surface area contributed by atoms with Gasteiger partial charge in [0.15, 0.2) is 0 Å². The highest BCUT2D eigenvalue weighted by atomic mass is 32.1. The van der Waals surface area contributed by atoms with Gasteiger partial charge in [0.1, 0.15) is 0 Å². The van der Waals surface area contributed by atoms with E-state index in [9.17, 15) is 4.79 Å². The molecule has 0 amide bonds. The van der Waals surface area contributed by atoms with Crippen LogP contribution in [0, 0.1) is 11.8 Å². The molecule has 3 aromatic rings. The van der Waals surface area contributed by atoms with Crippen molar-refractivity contribution in [3.63, 3.8) is 0 Å². The minimum absolute atomic E-state index is 0.0774. The Morgan fingerprint density at radius 3 is 2.95 bits per heavy atom. The van der Waals surface area contributed by atoms with Crippen molar-refractivity contribution in [1.82, 2.24) is 3.96 Å². The Kier molecular flexibility index (Phi) is 3.70. The molecule has 1 aromatic carbocycles. The molecule has 2 aromatic heterocycles. The highest BCUT2D eigenvalue weighted by molar-refractivity contribution is 7.14. The van der Waals surface area contributed by atoms with Gasteiger partial charge in [0.25, 0.3) is 5.56 Å². The summed E-state index contributed by atoms with van der Waals surface area (Å²) in [5, 5.41) is 2.79. The van der Waals surface area contributed by atoms with Crippen molar-refractivity contribution in [2.24, 2.45) is 5.73 Å². The first kappa shape index (κ1) is 13.1. The van der Waals surface area contributed by atoms with Gasteiger partial charge in [-0.15, -0.1) is 11.3 Å². The molecule has 0 aliphatic carbocycles. The van der Waals surface area contributed by atoms with Gasteiger partial charge < -0.3 is 5.73 Å². The van der Waals surface area contributed by atoms with Crippen molar-refractivity contribution in [3.05, 3.63) is 56.5 Å². The molecule has 3 nitrogen and oxygen atoms in total. The average molecular weight is 300 g/mol. The smallest absolute Gasteiger partial charge is 0.268 e. The van der Waals surface area contributed by atoms with Crippen LogP contribution in [0.4, 0.5) is 0 Å². The van der Waals surface area contributed by atoms with Crippen LogP contribution in [0.15, 0.2) is 40.5 Å². The van der Waals surface area contributed by atoms with E-state index in [1.807, 2.05) is 35.7 Å². The molecule has 2 heterocycles. The predicted molar refractivity (Wildman–Crippen MR) is 85.4 cm³/mol. The number of benzene rings is 1. The van der Waals surface area contributed by atoms with Crippen LogP contribution < -0.4 is 11.3 Å². The third kappa shape index (κ3) is 2.54. The maximum absolute atomic E-state index is 12.2. The number of rotatable bonds is 2. The van der Waals surface area contributed by atoms with E-state index < -0.39 is 0 Å². The minimum Gasteiger partial charge on any atom is -0.320 e. The van der Waals surface area contributed by atoms with E-state index in [1.54, 1.807) is 15.3 Å². The Morgan fingerprint density at radius 2 is 2.15 bits per heavy atom. The molecule has 0 unspecified atom stereocenters. The monoisotopic (exact) mass is 300 g/mol. The summed E-state index contributed by atoms with van der Waals surface area (Å²) in [4.78, 5) is 13.4. The Morgan fingerprint density at radius 1 is 1.30 bits per heavy atom. The molecular formula is C15H12N2OS2. The summed E-state index contributed by atoms with van der Waals surface area (Å²) >= 11 is 3.12. The van der Waals surface area contributed by atoms with E-state index in [0.29, 0.717) is 13.1 Å². The molecule has 3 rings (SSSR count). The van der Waals surface area contributed by atoms with Crippen molar-refractivity contribution < 1.29 is 0 Å². The van der Waals surface area contributed by atoms with Crippen LogP contribution in [-0.4, -0.2) is 10.5 Å². The number of nitrogens with zero attached hydrogens (tertiary/aromatic N) is 1. The van der Waals surface area contributed by atoms with Crippen molar-refractivity contribution in [2.45, 2.75) is 6.54 Å². The second kappa shape index (κ2) is 5.63. The molecule has 0 radical (unpaired) electrons. The lowest BCUT2D eigenvalue weighted by Crippen LogP contribution is -2.12. The van der Waals surface area contributed by atoms with E-state index in [4.69, 9.17) is 5.73 Å². The van der Waals surface area contributed by atoms with Gasteiger partial charge in [-0.1, -0.05) is 35.5 Å². The molecule has 0 spiro atoms. The van der Waals surface area contributed by atoms with Crippen LogP contribution in [0.5, 0.6) is 0 Å². The molecule has 0 saturated heterocycles. The van der Waals surface area contributed by atoms with E-state index in [1.165, 1.54) is 11.5 Å². The topological polar surface area (TPSA) is 48.0 Å². The third-order valence-corrected chi connectivity index (χ3v) is 4.83. The Hall–Kier alpha value is -1.87. The standard InChI is InChI=1S/C15H12N2OS2/c16-7-3-4-11-8-12(19-10-11)9-17-15(18)13-5-1-2-6-14(13)20-17/h1-2,5-6,8,10H,7,9,16H2. The lowest BCUT2D eigenvalue weighted by molar-refractivity contribution is 0.870. The second-order valence-corrected chi connectivity index (χ2v) is 6.30. The van der Waals surface area contributed by atoms with Gasteiger partial charge in [-0.3, -0.25) is 8.75 Å². The largest absolute Gasteiger partial charge is 0.320 e. The number of aromatic nitrogens is 1. The van der Waals surface area contributed by atoms with Gasteiger partial charge in [0.2, 0.25) is 0 Å². The van der Waals surface area contributed by atoms with Gasteiger partial charge in [0.05, 0.1) is 23.2 Å². The summed E-state index contributed by atoms with van der Waals surface area (Å²) in [6.45, 7) is 0.966. The van der Waals surface area contributed by atoms with Crippen LogP contribution in [0.2, 0.25) is 0 Å². The van der Waals surface area contributed by atoms with Gasteiger partial charge in [0, 0.05) is 15.8 Å². The summed E-state index contributed by atoms with van der Waals surface area (Å²) in [6, 6.07) is 9.71. The molecule has 100 valence electrons. The minimum atomic E-state index is 0.0774. The number of thiophene rings is 1. The van der Waals surface area contributed by atoms with Crippen LogP contribution in [-0.2, 0) is 6.54 Å². The SMILES string of the molecule is NCC#Cc1csc(Cn2sc3ccccc3c2=O)c1. The summed E-state index contributed by atoms with van der Waals surface area (Å²) in [5.74, 6) is 5.84. The second-order valence-electron chi connectivity index (χ2n) is 4.24. The fraction of sp³-hybridized carbons (Fsp3) is 0.133. The number of hydrogen-bond acceptors (Lipinski definition) is 4. The van der Waals surface area contributed by atoms with Crippen LogP contribution in [0.3, 0.4) is 0 Å². The highest BCUT2D eigenvalue weighted by Crippen LogP contribution is 2.20. The zero-order valence-corrected chi connectivity index (χ0v) is 12.3. The number of fused-ring (bicyclic) bond motifs is 1. The van der Waals surface area contributed by atoms with Gasteiger partial charge in [-0.05, 0) is 18.2 Å². The van der Waals surface area contributed by atoms with Gasteiger partial charge in [-0.25, -0.2) is 0 Å². The van der Waals surface area contributed by atoms with Crippen LogP contribution in [0.1, 0.15) is 10.4 Å². The summed E-state index contributed by atoms with van der Waals surface area (Å²) in [7, 11) is 0. The molecule has 5 heteroatoms. The lowest BCUT2D eigenvalue weighted by atomic mass is 10.3. The first-order valence-electron chi connectivity index (χ1n) is 6.13. The van der Waals surface area contributed by atoms with Gasteiger partial charge >= 0.3 is 0 Å². The maximum Gasteiger partial charge on any atom is 0.268 e. The summed E-state index contributed by atoms with van der Waals surface area (Å²) in [5.41, 5.74) is 6.40. The first-order chi connectivity index (χ1) is 9.78. The number of nitrogens with two attached hydrogens (primary N) is 1. The van der Waals surface area contributed by atoms with E-state index in [2.05, 4.69) is 11.8 Å². The van der Waals surface area contributed by atoms with E-state index in [-0.39, 0.29) is 5.56 Å². The Labute approximate surface area is 124 Å². The van der Waals surface area contributed by atoms with E-state index >= 15 is 0 Å². The zero-order chi connectivity index (χ0) is 13.9. The zero-order valence-electron chi connectivity index (χ0n) is 10.6. The molecule has 20 heavy (non-hydrogen) atoms. The van der Waals surface area contributed by atoms with Gasteiger partial charge in [-0.2, -0.15) is 0 Å². The molecule has 0 saturated carbocycles. The average Bonchev–Trinajstić information content (AvgIpc) is 3.03. The summed E-state index contributed by atoms with van der Waals surface area (Å²) in [6.07, 6.45) is 0. The highest BCUT2D eigenvalue weighted by Gasteiger charge is 2.08. The third-order valence-electron chi connectivity index (χ3n) is 2.84. The molecule has 0 aliphatic rings. The molecule has 2 N–H and O–H groups in total. The first-order valence-corrected chi connectivity index (χ1v) is 7.78.